The summed E-state index contributed by atoms with van der Waals surface area (Å²) in [5, 5.41) is 11.5. The molecule has 0 aliphatic carbocycles. The van der Waals surface area contributed by atoms with Gasteiger partial charge >= 0.3 is 0 Å². The van der Waals surface area contributed by atoms with E-state index in [9.17, 15) is 14.7 Å². The van der Waals surface area contributed by atoms with Crippen molar-refractivity contribution >= 4 is 17.4 Å². The number of ether oxygens (including phenoxy) is 2. The molecule has 0 saturated carbocycles. The Bertz CT molecular complexity index is 1160. The normalized spacial score (nSPS) is 17.1. The number of hydrogen-bond acceptors (Lipinski definition) is 5. The van der Waals surface area contributed by atoms with Gasteiger partial charge in [0.2, 0.25) is 0 Å². The van der Waals surface area contributed by atoms with Crippen molar-refractivity contribution in [2.75, 3.05) is 25.7 Å². The van der Waals surface area contributed by atoms with E-state index in [1.807, 2.05) is 30.3 Å². The molecule has 33 heavy (non-hydrogen) atoms. The molecule has 3 aromatic rings. The maximum atomic E-state index is 13.4. The summed E-state index contributed by atoms with van der Waals surface area (Å²) in [6.07, 6.45) is 1.20. The molecule has 1 aliphatic rings. The van der Waals surface area contributed by atoms with E-state index in [0.29, 0.717) is 34.9 Å². The predicted molar refractivity (Wildman–Crippen MR) is 126 cm³/mol. The average molecular weight is 446 g/mol. The van der Waals surface area contributed by atoms with Crippen molar-refractivity contribution in [3.8, 4) is 11.5 Å². The van der Waals surface area contributed by atoms with Crippen LogP contribution >= 0.6 is 0 Å². The molecule has 1 heterocycles. The molecule has 0 radical (unpaired) electrons. The van der Waals surface area contributed by atoms with Gasteiger partial charge in [-0.05, 0) is 42.7 Å². The molecule has 6 heteroatoms. The molecule has 1 aliphatic heterocycles. The van der Waals surface area contributed by atoms with Crippen molar-refractivity contribution in [3.63, 3.8) is 0 Å². The fourth-order valence-corrected chi connectivity index (χ4v) is 4.33. The number of rotatable bonds is 9. The first-order valence-electron chi connectivity index (χ1n) is 10.9. The second-order valence-corrected chi connectivity index (χ2v) is 8.09. The van der Waals surface area contributed by atoms with Crippen LogP contribution in [0.5, 0.6) is 11.5 Å². The summed E-state index contributed by atoms with van der Waals surface area (Å²) < 4.78 is 10.5. The Labute approximate surface area is 193 Å². The summed E-state index contributed by atoms with van der Waals surface area (Å²) in [5.41, 5.74) is 0.736. The second-order valence-electron chi connectivity index (χ2n) is 8.09. The van der Waals surface area contributed by atoms with E-state index in [1.165, 1.54) is 19.8 Å². The molecule has 1 atom stereocenters. The molecular weight excluding hydrogens is 418 g/mol. The maximum absolute atomic E-state index is 13.4. The molecule has 1 N–H and O–H groups in total. The van der Waals surface area contributed by atoms with Crippen molar-refractivity contribution in [1.29, 1.82) is 0 Å². The van der Waals surface area contributed by atoms with E-state index in [1.54, 1.807) is 35.2 Å². The molecule has 0 spiro atoms. The summed E-state index contributed by atoms with van der Waals surface area (Å²) in [5.74, 6) is 0.0917. The number of fused-ring (bicyclic) bond motifs is 1. The Morgan fingerprint density at radius 1 is 0.939 bits per heavy atom. The third-order valence-electron chi connectivity index (χ3n) is 6.05. The fraction of sp³-hybridized carbons (Fsp3) is 0.259. The molecule has 0 fully saturated rings. The van der Waals surface area contributed by atoms with Crippen molar-refractivity contribution in [2.24, 2.45) is 0 Å². The van der Waals surface area contributed by atoms with Crippen LogP contribution in [0.1, 0.15) is 34.3 Å². The minimum absolute atomic E-state index is 0.342. The summed E-state index contributed by atoms with van der Waals surface area (Å²) in [6, 6.07) is 22.0. The van der Waals surface area contributed by atoms with Crippen molar-refractivity contribution < 1.29 is 24.2 Å². The molecular formula is C27H27NO5. The molecule has 3 aromatic carbocycles. The zero-order valence-corrected chi connectivity index (χ0v) is 18.8. The van der Waals surface area contributed by atoms with Gasteiger partial charge in [-0.15, -0.1) is 0 Å². The highest BCUT2D eigenvalue weighted by Gasteiger charge is 2.50. The molecule has 6 nitrogen and oxygen atoms in total. The SMILES string of the molecule is COc1ccc(C(=O)CC2(O)C(=O)N(CCCc3ccccc3)c3ccccc32)cc1OC. The number of aryl methyl sites for hydroxylation is 1. The molecule has 170 valence electrons. The highest BCUT2D eigenvalue weighted by molar-refractivity contribution is 6.10. The lowest BCUT2D eigenvalue weighted by atomic mass is 9.88. The van der Waals surface area contributed by atoms with Crippen molar-refractivity contribution in [1.82, 2.24) is 0 Å². The predicted octanol–water partition coefficient (Wildman–Crippen LogP) is 4.14. The summed E-state index contributed by atoms with van der Waals surface area (Å²) >= 11 is 0. The van der Waals surface area contributed by atoms with Gasteiger partial charge in [-0.2, -0.15) is 0 Å². The van der Waals surface area contributed by atoms with Crippen LogP contribution in [-0.4, -0.2) is 37.6 Å². The van der Waals surface area contributed by atoms with E-state index in [2.05, 4.69) is 12.1 Å². The lowest BCUT2D eigenvalue weighted by Gasteiger charge is -2.23. The van der Waals surface area contributed by atoms with Crippen LogP contribution in [0.2, 0.25) is 0 Å². The quantitative estimate of drug-likeness (QED) is 0.501. The Morgan fingerprint density at radius 3 is 2.36 bits per heavy atom. The van der Waals surface area contributed by atoms with Crippen LogP contribution in [-0.2, 0) is 16.8 Å². The van der Waals surface area contributed by atoms with Crippen LogP contribution < -0.4 is 14.4 Å². The van der Waals surface area contributed by atoms with E-state index >= 15 is 0 Å². The largest absolute Gasteiger partial charge is 0.493 e. The van der Waals surface area contributed by atoms with Crippen molar-refractivity contribution in [2.45, 2.75) is 24.9 Å². The second kappa shape index (κ2) is 9.46. The van der Waals surface area contributed by atoms with Gasteiger partial charge in [0, 0.05) is 17.7 Å². The number of ketones is 1. The summed E-state index contributed by atoms with van der Waals surface area (Å²) in [7, 11) is 3.01. The number of hydrogen-bond donors (Lipinski definition) is 1. The topological polar surface area (TPSA) is 76.1 Å². The number of carbonyl (C=O) groups excluding carboxylic acids is 2. The third kappa shape index (κ3) is 4.34. The number of amides is 1. The van der Waals surface area contributed by atoms with Gasteiger partial charge in [0.05, 0.1) is 26.3 Å². The van der Waals surface area contributed by atoms with Crippen LogP contribution in [0.3, 0.4) is 0 Å². The Kier molecular flexibility index (Phi) is 6.47. The minimum atomic E-state index is -1.91. The highest BCUT2D eigenvalue weighted by Crippen LogP contribution is 2.43. The first-order chi connectivity index (χ1) is 16.0. The summed E-state index contributed by atoms with van der Waals surface area (Å²) in [6.45, 7) is 0.456. The van der Waals surface area contributed by atoms with Gasteiger partial charge in [0.25, 0.3) is 5.91 Å². The maximum Gasteiger partial charge on any atom is 0.264 e. The minimum Gasteiger partial charge on any atom is -0.493 e. The number of aliphatic hydroxyl groups is 1. The summed E-state index contributed by atoms with van der Waals surface area (Å²) in [4.78, 5) is 28.1. The molecule has 4 rings (SSSR count). The first kappa shape index (κ1) is 22.6. The third-order valence-corrected chi connectivity index (χ3v) is 6.05. The van der Waals surface area contributed by atoms with Crippen LogP contribution in [0.25, 0.3) is 0 Å². The van der Waals surface area contributed by atoms with E-state index < -0.39 is 11.5 Å². The van der Waals surface area contributed by atoms with Gasteiger partial charge in [0.1, 0.15) is 0 Å². The van der Waals surface area contributed by atoms with Gasteiger partial charge in [-0.3, -0.25) is 9.59 Å². The van der Waals surface area contributed by atoms with Crippen LogP contribution in [0.15, 0.2) is 72.8 Å². The zero-order chi connectivity index (χ0) is 23.4. The smallest absolute Gasteiger partial charge is 0.264 e. The van der Waals surface area contributed by atoms with E-state index in [-0.39, 0.29) is 12.2 Å². The van der Waals surface area contributed by atoms with E-state index in [4.69, 9.17) is 9.47 Å². The number of para-hydroxylation sites is 1. The molecule has 0 saturated heterocycles. The Hall–Kier alpha value is -3.64. The molecule has 0 aromatic heterocycles. The molecule has 1 unspecified atom stereocenters. The van der Waals surface area contributed by atoms with Gasteiger partial charge in [-0.1, -0.05) is 48.5 Å². The number of methoxy groups -OCH3 is 2. The average Bonchev–Trinajstić information content (AvgIpc) is 3.06. The van der Waals surface area contributed by atoms with Crippen LogP contribution in [0, 0.1) is 0 Å². The van der Waals surface area contributed by atoms with Crippen LogP contribution in [0.4, 0.5) is 5.69 Å². The Morgan fingerprint density at radius 2 is 1.64 bits per heavy atom. The fourth-order valence-electron chi connectivity index (χ4n) is 4.33. The molecule has 0 bridgehead atoms. The Balaban J connectivity index is 1.55. The highest BCUT2D eigenvalue weighted by atomic mass is 16.5. The number of anilines is 1. The lowest BCUT2D eigenvalue weighted by Crippen LogP contribution is -2.42. The number of benzene rings is 3. The van der Waals surface area contributed by atoms with Gasteiger partial charge in [0.15, 0.2) is 22.9 Å². The lowest BCUT2D eigenvalue weighted by molar-refractivity contribution is -0.135. The van der Waals surface area contributed by atoms with Crippen molar-refractivity contribution in [3.05, 3.63) is 89.5 Å². The van der Waals surface area contributed by atoms with E-state index in [0.717, 1.165) is 12.8 Å². The van der Waals surface area contributed by atoms with Gasteiger partial charge in [-0.25, -0.2) is 0 Å². The molecule has 1 amide bonds. The standard InChI is InChI=1S/C27H27NO5/c1-32-24-15-14-20(17-25(24)33-2)23(29)18-27(31)21-12-6-7-13-22(21)28(26(27)30)16-8-11-19-9-4-3-5-10-19/h3-7,9-10,12-15,17,31H,8,11,16,18H2,1-2H3. The monoisotopic (exact) mass is 445 g/mol. The zero-order valence-electron chi connectivity index (χ0n) is 18.8. The number of Topliss-reactive ketones (excluding diaryl/α,β-unsaturated/α-hetero) is 1. The van der Waals surface area contributed by atoms with Gasteiger partial charge < -0.3 is 19.5 Å². The number of carbonyl (C=O) groups is 2. The number of nitrogens with zero attached hydrogens (tertiary/aromatic N) is 1. The first-order valence-corrected chi connectivity index (χ1v) is 10.9.